The molecule has 1 fully saturated rings. The van der Waals surface area contributed by atoms with Crippen molar-refractivity contribution in [3.63, 3.8) is 0 Å². The predicted octanol–water partition coefficient (Wildman–Crippen LogP) is -2.12. The summed E-state index contributed by atoms with van der Waals surface area (Å²) in [6.45, 7) is 0. The van der Waals surface area contributed by atoms with Crippen molar-refractivity contribution in [2.75, 3.05) is 0 Å². The molecule has 20 heavy (non-hydrogen) atoms. The number of hydrogen-bond acceptors (Lipinski definition) is 6. The Bertz CT molecular complexity index is 499. The van der Waals surface area contributed by atoms with E-state index in [0.717, 1.165) is 0 Å². The van der Waals surface area contributed by atoms with Crippen molar-refractivity contribution in [3.8, 4) is 0 Å². The largest absolute Gasteiger partial charge is 0.481 e. The number of hydrogen-bond donors (Lipinski definition) is 4. The maximum Gasteiger partial charge on any atom is 0.327 e. The van der Waals surface area contributed by atoms with Crippen molar-refractivity contribution >= 4 is 29.7 Å². The molecule has 0 aromatic carbocycles. The molecule has 2 atom stereocenters. The fraction of sp³-hybridized carbons (Fsp3) is 0.500. The zero-order valence-electron chi connectivity index (χ0n) is 9.98. The van der Waals surface area contributed by atoms with Crippen LogP contribution in [-0.4, -0.2) is 66.7 Å². The highest BCUT2D eigenvalue weighted by atomic mass is 16.4. The van der Waals surface area contributed by atoms with Crippen LogP contribution in [0.25, 0.3) is 0 Å². The van der Waals surface area contributed by atoms with Crippen LogP contribution in [0, 0.1) is 0 Å². The fourth-order valence-electron chi connectivity index (χ4n) is 1.91. The first kappa shape index (κ1) is 15.6. The number of likely N-dealkylation sites (tertiary alicyclic amines) is 1. The van der Waals surface area contributed by atoms with Crippen molar-refractivity contribution in [1.29, 1.82) is 0 Å². The van der Waals surface area contributed by atoms with Crippen LogP contribution in [0.1, 0.15) is 19.3 Å². The van der Waals surface area contributed by atoms with Gasteiger partial charge in [-0.3, -0.25) is 24.1 Å². The lowest BCUT2D eigenvalue weighted by Crippen LogP contribution is -2.49. The van der Waals surface area contributed by atoms with Gasteiger partial charge in [0, 0.05) is 0 Å². The van der Waals surface area contributed by atoms with Crippen LogP contribution in [0.15, 0.2) is 0 Å². The van der Waals surface area contributed by atoms with E-state index >= 15 is 0 Å². The number of carbonyl (C=O) groups excluding carboxylic acids is 2. The predicted molar refractivity (Wildman–Crippen MR) is 57.3 cm³/mol. The molecule has 10 heteroatoms. The summed E-state index contributed by atoms with van der Waals surface area (Å²) in [6.07, 6.45) is -3.02. The van der Waals surface area contributed by atoms with E-state index in [4.69, 9.17) is 15.3 Å². The lowest BCUT2D eigenvalue weighted by molar-refractivity contribution is -0.162. The van der Waals surface area contributed by atoms with Crippen LogP contribution in [0.3, 0.4) is 0 Å². The zero-order valence-corrected chi connectivity index (χ0v) is 9.98. The van der Waals surface area contributed by atoms with E-state index < -0.39 is 60.6 Å². The maximum atomic E-state index is 11.8. The van der Waals surface area contributed by atoms with Gasteiger partial charge in [-0.15, -0.1) is 0 Å². The van der Waals surface area contributed by atoms with Crippen molar-refractivity contribution in [3.05, 3.63) is 0 Å². The quantitative estimate of drug-likeness (QED) is 0.399. The Morgan fingerprint density at radius 3 is 2.10 bits per heavy atom. The number of carbonyl (C=O) groups is 5. The Hall–Kier alpha value is -2.49. The molecular formula is C10H11NO9. The van der Waals surface area contributed by atoms with Gasteiger partial charge in [0.05, 0.1) is 19.3 Å². The molecule has 1 heterocycles. The Labute approximate surface area is 111 Å². The van der Waals surface area contributed by atoms with Gasteiger partial charge in [0.25, 0.3) is 5.91 Å². The van der Waals surface area contributed by atoms with Gasteiger partial charge in [-0.05, 0) is 0 Å². The summed E-state index contributed by atoms with van der Waals surface area (Å²) in [4.78, 5) is 55.6. The van der Waals surface area contributed by atoms with E-state index in [1.54, 1.807) is 0 Å². The third-order valence-electron chi connectivity index (χ3n) is 2.74. The molecule has 0 saturated carbocycles. The molecule has 4 N–H and O–H groups in total. The molecule has 0 aliphatic carbocycles. The smallest absolute Gasteiger partial charge is 0.327 e. The van der Waals surface area contributed by atoms with E-state index in [1.807, 2.05) is 0 Å². The first-order valence-corrected chi connectivity index (χ1v) is 5.34. The molecule has 0 unspecified atom stereocenters. The van der Waals surface area contributed by atoms with Crippen molar-refractivity contribution in [2.24, 2.45) is 0 Å². The van der Waals surface area contributed by atoms with Crippen LogP contribution in [-0.2, 0) is 24.0 Å². The van der Waals surface area contributed by atoms with Gasteiger partial charge < -0.3 is 20.4 Å². The van der Waals surface area contributed by atoms with Gasteiger partial charge >= 0.3 is 17.9 Å². The van der Waals surface area contributed by atoms with Gasteiger partial charge in [-0.1, -0.05) is 0 Å². The minimum atomic E-state index is -2.55. The van der Waals surface area contributed by atoms with Crippen LogP contribution in [0.5, 0.6) is 0 Å². The topological polar surface area (TPSA) is 170 Å². The van der Waals surface area contributed by atoms with Crippen LogP contribution in [0.4, 0.5) is 0 Å². The molecule has 1 rings (SSSR count). The second-order valence-electron chi connectivity index (χ2n) is 4.30. The van der Waals surface area contributed by atoms with Crippen molar-refractivity contribution in [1.82, 2.24) is 4.90 Å². The average Bonchev–Trinajstić information content (AvgIpc) is 2.45. The first-order chi connectivity index (χ1) is 9.08. The van der Waals surface area contributed by atoms with Crippen molar-refractivity contribution < 1.29 is 44.4 Å². The van der Waals surface area contributed by atoms with Gasteiger partial charge in [-0.25, -0.2) is 4.79 Å². The Morgan fingerprint density at radius 2 is 1.70 bits per heavy atom. The van der Waals surface area contributed by atoms with Gasteiger partial charge in [0.2, 0.25) is 5.91 Å². The monoisotopic (exact) mass is 289 g/mol. The summed E-state index contributed by atoms with van der Waals surface area (Å²) in [5.41, 5.74) is -2.55. The number of carboxylic acid groups (broad SMARTS) is 3. The summed E-state index contributed by atoms with van der Waals surface area (Å²) >= 11 is 0. The molecule has 110 valence electrons. The molecule has 2 amide bonds. The Kier molecular flexibility index (Phi) is 4.08. The van der Waals surface area contributed by atoms with Crippen molar-refractivity contribution in [2.45, 2.75) is 30.9 Å². The number of aliphatic carboxylic acids is 3. The molecule has 0 aromatic rings. The number of carboxylic acids is 3. The summed E-state index contributed by atoms with van der Waals surface area (Å²) in [7, 11) is 0. The van der Waals surface area contributed by atoms with Crippen LogP contribution in [0.2, 0.25) is 0 Å². The summed E-state index contributed by atoms with van der Waals surface area (Å²) in [5, 5.41) is 35.8. The molecule has 0 bridgehead atoms. The number of imide groups is 1. The second-order valence-corrected chi connectivity index (χ2v) is 4.30. The highest BCUT2D eigenvalue weighted by Crippen LogP contribution is 2.30. The number of nitrogens with zero attached hydrogens (tertiary/aromatic N) is 1. The fourth-order valence-corrected chi connectivity index (χ4v) is 1.91. The number of rotatable bonds is 6. The summed E-state index contributed by atoms with van der Waals surface area (Å²) in [6, 6.07) is -1.99. The third kappa shape index (κ3) is 2.91. The van der Waals surface area contributed by atoms with Gasteiger partial charge in [-0.2, -0.15) is 0 Å². The lowest BCUT2D eigenvalue weighted by Gasteiger charge is -2.23. The first-order valence-electron chi connectivity index (χ1n) is 5.34. The molecule has 0 spiro atoms. The Morgan fingerprint density at radius 1 is 1.15 bits per heavy atom. The van der Waals surface area contributed by atoms with E-state index in [2.05, 4.69) is 0 Å². The Balaban J connectivity index is 3.09. The second kappa shape index (κ2) is 5.25. The summed E-state index contributed by atoms with van der Waals surface area (Å²) in [5.74, 6) is -7.41. The molecular weight excluding hydrogens is 278 g/mol. The number of amides is 2. The van der Waals surface area contributed by atoms with Crippen LogP contribution < -0.4 is 0 Å². The number of aliphatic hydroxyl groups is 1. The van der Waals surface area contributed by atoms with Gasteiger partial charge in [0.1, 0.15) is 6.04 Å². The minimum absolute atomic E-state index is 0.0966. The normalized spacial score (nSPS) is 23.8. The molecule has 0 aromatic heterocycles. The van der Waals surface area contributed by atoms with Gasteiger partial charge in [0.15, 0.2) is 5.60 Å². The molecule has 1 aliphatic rings. The molecule has 10 nitrogen and oxygen atoms in total. The van der Waals surface area contributed by atoms with E-state index in [0.29, 0.717) is 0 Å². The van der Waals surface area contributed by atoms with E-state index in [-0.39, 0.29) is 4.90 Å². The maximum absolute atomic E-state index is 11.8. The molecule has 0 radical (unpaired) electrons. The SMILES string of the molecule is O=C(O)C[C@@H](C(=O)O)N1C(=O)C[C@@](O)(CC(=O)O)C1=O. The van der Waals surface area contributed by atoms with Crippen LogP contribution >= 0.6 is 0 Å². The van der Waals surface area contributed by atoms with E-state index in [1.165, 1.54) is 0 Å². The lowest BCUT2D eigenvalue weighted by atomic mass is 9.98. The van der Waals surface area contributed by atoms with E-state index in [9.17, 15) is 29.1 Å². The highest BCUT2D eigenvalue weighted by molar-refractivity contribution is 6.11. The molecule has 1 aliphatic heterocycles. The minimum Gasteiger partial charge on any atom is -0.481 e. The standard InChI is InChI=1S/C10H11NO9/c12-5-2-10(20,3-7(15)16)9(19)11(5)4(8(17)18)1-6(13)14/h4,20H,1-3H2,(H,13,14)(H,15,16)(H,17,18)/t4-,10+/m0/s1. The third-order valence-corrected chi connectivity index (χ3v) is 2.74. The highest BCUT2D eigenvalue weighted by Gasteiger charge is 2.55. The summed E-state index contributed by atoms with van der Waals surface area (Å²) < 4.78 is 0. The molecule has 1 saturated heterocycles. The zero-order chi connectivity index (χ0) is 15.7. The average molecular weight is 289 g/mol.